The summed E-state index contributed by atoms with van der Waals surface area (Å²) in [5.41, 5.74) is 3.28. The van der Waals surface area contributed by atoms with Gasteiger partial charge in [0.25, 0.3) is 0 Å². The Bertz CT molecular complexity index is 1150. The van der Waals surface area contributed by atoms with Gasteiger partial charge in [0.05, 0.1) is 7.11 Å². The number of methoxy groups -OCH3 is 1. The first-order chi connectivity index (χ1) is 15.1. The number of rotatable bonds is 8. The Morgan fingerprint density at radius 3 is 2.42 bits per heavy atom. The largest absolute Gasteiger partial charge is 0.497 e. The Kier molecular flexibility index (Phi) is 7.17. The monoisotopic (exact) mass is 469 g/mol. The molecule has 0 radical (unpaired) electrons. The molecule has 158 valence electrons. The summed E-state index contributed by atoms with van der Waals surface area (Å²) in [7, 11) is 1.66. The molecule has 0 aliphatic heterocycles. The molecule has 1 aromatic heterocycles. The summed E-state index contributed by atoms with van der Waals surface area (Å²) < 4.78 is 7.45. The van der Waals surface area contributed by atoms with Gasteiger partial charge in [0.1, 0.15) is 5.75 Å². The van der Waals surface area contributed by atoms with E-state index >= 15 is 0 Å². The van der Waals surface area contributed by atoms with Crippen LogP contribution in [0.25, 0.3) is 11.4 Å². The van der Waals surface area contributed by atoms with E-state index in [9.17, 15) is 0 Å². The Hall–Kier alpha value is -2.47. The minimum atomic E-state index is 0.631. The van der Waals surface area contributed by atoms with Crippen molar-refractivity contribution < 1.29 is 4.74 Å². The van der Waals surface area contributed by atoms with Crippen molar-refractivity contribution in [3.05, 3.63) is 94.0 Å². The Balaban J connectivity index is 1.60. The quantitative estimate of drug-likeness (QED) is 0.266. The van der Waals surface area contributed by atoms with Gasteiger partial charge in [-0.25, -0.2) is 0 Å². The molecular weight excluding hydrogens is 449 g/mol. The lowest BCUT2D eigenvalue weighted by Crippen LogP contribution is -2.05. The van der Waals surface area contributed by atoms with E-state index in [0.717, 1.165) is 40.8 Å². The van der Waals surface area contributed by atoms with Gasteiger partial charge >= 0.3 is 0 Å². The standard InChI is InChI=1S/C24H21Cl2N3OS/c1-30-21-11-8-18(9-12-21)23-27-28-24(29(23)14-13-17-5-3-2-4-6-17)31-16-19-7-10-20(25)15-22(19)26/h2-12,15H,13-14,16H2,1H3. The van der Waals surface area contributed by atoms with E-state index in [-0.39, 0.29) is 0 Å². The number of aromatic nitrogens is 3. The molecule has 4 aromatic rings. The highest BCUT2D eigenvalue weighted by molar-refractivity contribution is 7.98. The molecule has 7 heteroatoms. The number of benzene rings is 3. The molecule has 0 saturated heterocycles. The van der Waals surface area contributed by atoms with Crippen LogP contribution in [0.1, 0.15) is 11.1 Å². The maximum absolute atomic E-state index is 6.35. The molecule has 4 nitrogen and oxygen atoms in total. The molecule has 1 heterocycles. The van der Waals surface area contributed by atoms with Gasteiger partial charge in [0.15, 0.2) is 11.0 Å². The third kappa shape index (κ3) is 5.42. The minimum absolute atomic E-state index is 0.631. The molecule has 3 aromatic carbocycles. The van der Waals surface area contributed by atoms with Crippen LogP contribution in [0.4, 0.5) is 0 Å². The molecule has 0 fully saturated rings. The van der Waals surface area contributed by atoms with Crippen molar-refractivity contribution in [2.24, 2.45) is 0 Å². The summed E-state index contributed by atoms with van der Waals surface area (Å²) in [4.78, 5) is 0. The van der Waals surface area contributed by atoms with E-state index in [4.69, 9.17) is 27.9 Å². The van der Waals surface area contributed by atoms with Gasteiger partial charge in [-0.1, -0.05) is 71.4 Å². The maximum atomic E-state index is 6.35. The van der Waals surface area contributed by atoms with E-state index in [0.29, 0.717) is 15.8 Å². The van der Waals surface area contributed by atoms with Gasteiger partial charge in [-0.3, -0.25) is 0 Å². The lowest BCUT2D eigenvalue weighted by Gasteiger charge is -2.11. The highest BCUT2D eigenvalue weighted by Gasteiger charge is 2.15. The fourth-order valence-electron chi connectivity index (χ4n) is 3.22. The fourth-order valence-corrected chi connectivity index (χ4v) is 4.74. The van der Waals surface area contributed by atoms with Crippen LogP contribution in [0.3, 0.4) is 0 Å². The molecule has 0 atom stereocenters. The van der Waals surface area contributed by atoms with Crippen LogP contribution in [-0.4, -0.2) is 21.9 Å². The summed E-state index contributed by atoms with van der Waals surface area (Å²) in [6.45, 7) is 0.773. The first-order valence-corrected chi connectivity index (χ1v) is 11.6. The van der Waals surface area contributed by atoms with Crippen molar-refractivity contribution in [3.8, 4) is 17.1 Å². The van der Waals surface area contributed by atoms with Crippen LogP contribution in [0.2, 0.25) is 10.0 Å². The first kappa shape index (κ1) is 21.8. The fraction of sp³-hybridized carbons (Fsp3) is 0.167. The van der Waals surface area contributed by atoms with Gasteiger partial charge in [0.2, 0.25) is 0 Å². The molecule has 0 bridgehead atoms. The highest BCUT2D eigenvalue weighted by Crippen LogP contribution is 2.30. The molecule has 31 heavy (non-hydrogen) atoms. The number of halogens is 2. The number of aryl methyl sites for hydroxylation is 1. The molecule has 0 aliphatic carbocycles. The summed E-state index contributed by atoms with van der Waals surface area (Å²) in [5.74, 6) is 2.33. The topological polar surface area (TPSA) is 39.9 Å². The van der Waals surface area contributed by atoms with Crippen molar-refractivity contribution in [1.82, 2.24) is 14.8 Å². The molecule has 0 amide bonds. The first-order valence-electron chi connectivity index (χ1n) is 9.82. The van der Waals surface area contributed by atoms with Gasteiger partial charge in [-0.15, -0.1) is 10.2 Å². The second kappa shape index (κ2) is 10.2. The molecule has 0 saturated carbocycles. The van der Waals surface area contributed by atoms with E-state index in [1.54, 1.807) is 24.9 Å². The lowest BCUT2D eigenvalue weighted by molar-refractivity contribution is 0.415. The minimum Gasteiger partial charge on any atom is -0.497 e. The van der Waals surface area contributed by atoms with Gasteiger partial charge in [-0.2, -0.15) is 0 Å². The number of hydrogen-bond acceptors (Lipinski definition) is 4. The normalized spacial score (nSPS) is 10.9. The Morgan fingerprint density at radius 1 is 0.935 bits per heavy atom. The summed E-state index contributed by atoms with van der Waals surface area (Å²) >= 11 is 14.0. The maximum Gasteiger partial charge on any atom is 0.191 e. The average Bonchev–Trinajstić information content (AvgIpc) is 3.20. The molecule has 0 unspecified atom stereocenters. The van der Waals surface area contributed by atoms with Crippen molar-refractivity contribution in [2.45, 2.75) is 23.9 Å². The number of thioether (sulfide) groups is 1. The van der Waals surface area contributed by atoms with Crippen LogP contribution >= 0.6 is 35.0 Å². The Labute approximate surface area is 196 Å². The highest BCUT2D eigenvalue weighted by atomic mass is 35.5. The molecule has 0 spiro atoms. The zero-order valence-corrected chi connectivity index (χ0v) is 19.3. The Morgan fingerprint density at radius 2 is 1.71 bits per heavy atom. The number of hydrogen-bond donors (Lipinski definition) is 0. The van der Waals surface area contributed by atoms with Gasteiger partial charge < -0.3 is 9.30 Å². The second-order valence-corrected chi connectivity index (χ2v) is 8.73. The van der Waals surface area contributed by atoms with Crippen molar-refractivity contribution >= 4 is 35.0 Å². The number of nitrogens with zero attached hydrogens (tertiary/aromatic N) is 3. The average molecular weight is 470 g/mol. The zero-order valence-electron chi connectivity index (χ0n) is 17.0. The third-order valence-electron chi connectivity index (χ3n) is 4.90. The molecule has 0 aliphatic rings. The third-order valence-corrected chi connectivity index (χ3v) is 6.51. The number of ether oxygens (including phenoxy) is 1. The summed E-state index contributed by atoms with van der Waals surface area (Å²) in [6, 6.07) is 23.9. The smallest absolute Gasteiger partial charge is 0.191 e. The van der Waals surface area contributed by atoms with Crippen LogP contribution in [0.5, 0.6) is 5.75 Å². The van der Waals surface area contributed by atoms with Gasteiger partial charge in [-0.05, 0) is 53.9 Å². The predicted octanol–water partition coefficient (Wildman–Crippen LogP) is 6.80. The predicted molar refractivity (Wildman–Crippen MR) is 128 cm³/mol. The van der Waals surface area contributed by atoms with E-state index in [2.05, 4.69) is 39.0 Å². The van der Waals surface area contributed by atoms with E-state index in [1.165, 1.54) is 5.56 Å². The summed E-state index contributed by atoms with van der Waals surface area (Å²) in [6.07, 6.45) is 0.886. The van der Waals surface area contributed by atoms with Crippen LogP contribution < -0.4 is 4.74 Å². The zero-order chi connectivity index (χ0) is 21.6. The van der Waals surface area contributed by atoms with Gasteiger partial charge in [0, 0.05) is 27.9 Å². The van der Waals surface area contributed by atoms with E-state index in [1.807, 2.05) is 42.5 Å². The molecule has 4 rings (SSSR count). The molecular formula is C24H21Cl2N3OS. The van der Waals surface area contributed by atoms with Crippen LogP contribution in [-0.2, 0) is 18.7 Å². The second-order valence-electron chi connectivity index (χ2n) is 6.95. The van der Waals surface area contributed by atoms with E-state index < -0.39 is 0 Å². The van der Waals surface area contributed by atoms with Crippen LogP contribution in [0.15, 0.2) is 78.0 Å². The van der Waals surface area contributed by atoms with Crippen molar-refractivity contribution in [1.29, 1.82) is 0 Å². The SMILES string of the molecule is COc1ccc(-c2nnc(SCc3ccc(Cl)cc3Cl)n2CCc2ccccc2)cc1. The van der Waals surface area contributed by atoms with Crippen molar-refractivity contribution in [2.75, 3.05) is 7.11 Å². The van der Waals surface area contributed by atoms with Crippen molar-refractivity contribution in [3.63, 3.8) is 0 Å². The molecule has 0 N–H and O–H groups in total. The summed E-state index contributed by atoms with van der Waals surface area (Å²) in [5, 5.41) is 11.1. The van der Waals surface area contributed by atoms with Crippen LogP contribution in [0, 0.1) is 0 Å². The lowest BCUT2D eigenvalue weighted by atomic mass is 10.1.